The number of phenols is 1. The van der Waals surface area contributed by atoms with Crippen molar-refractivity contribution < 1.29 is 10.2 Å². The first-order valence-electron chi connectivity index (χ1n) is 9.56. The number of aromatic hydroxyl groups is 1. The van der Waals surface area contributed by atoms with E-state index in [2.05, 4.69) is 18.7 Å². The molecule has 2 heteroatoms. The first kappa shape index (κ1) is 16.5. The van der Waals surface area contributed by atoms with Gasteiger partial charge in [0.2, 0.25) is 0 Å². The highest BCUT2D eigenvalue weighted by Crippen LogP contribution is 2.65. The van der Waals surface area contributed by atoms with Gasteiger partial charge in [-0.2, -0.15) is 0 Å². The molecule has 1 aromatic rings. The number of rotatable bonds is 4. The lowest BCUT2D eigenvalue weighted by Crippen LogP contribution is -2.56. The topological polar surface area (TPSA) is 40.5 Å². The van der Waals surface area contributed by atoms with Crippen molar-refractivity contribution in [1.29, 1.82) is 0 Å². The maximum atomic E-state index is 9.85. The number of allylic oxidation sites excluding steroid dienone is 4. The molecule has 1 aromatic carbocycles. The summed E-state index contributed by atoms with van der Waals surface area (Å²) < 4.78 is 0. The normalized spacial score (nSPS) is 36.9. The average molecular weight is 336 g/mol. The molecule has 4 saturated carbocycles. The summed E-state index contributed by atoms with van der Waals surface area (Å²) in [6.45, 7) is 6.32. The summed E-state index contributed by atoms with van der Waals surface area (Å²) >= 11 is 0. The van der Waals surface area contributed by atoms with Crippen molar-refractivity contribution in [3.05, 3.63) is 66.0 Å². The monoisotopic (exact) mass is 336 g/mol. The quantitative estimate of drug-likeness (QED) is 0.550. The lowest BCUT2D eigenvalue weighted by atomic mass is 9.42. The number of benzene rings is 1. The lowest BCUT2D eigenvalue weighted by molar-refractivity contribution is -0.0420. The number of hydrogen-bond donors (Lipinski definition) is 2. The van der Waals surface area contributed by atoms with Crippen LogP contribution >= 0.6 is 0 Å². The predicted octanol–water partition coefficient (Wildman–Crippen LogP) is 5.66. The molecule has 0 amide bonds. The SMILES string of the molecule is C=C(/C=C\C(O)=C/C)C1(c2ccc(O)cc2)C2CC3CC(C2)CC1C3. The van der Waals surface area contributed by atoms with Gasteiger partial charge in [-0.15, -0.1) is 0 Å². The van der Waals surface area contributed by atoms with Crippen LogP contribution in [-0.2, 0) is 5.41 Å². The Morgan fingerprint density at radius 3 is 2.08 bits per heavy atom. The van der Waals surface area contributed by atoms with Crippen LogP contribution in [-0.4, -0.2) is 10.2 Å². The van der Waals surface area contributed by atoms with E-state index >= 15 is 0 Å². The van der Waals surface area contributed by atoms with Crippen molar-refractivity contribution in [2.45, 2.75) is 44.4 Å². The molecule has 0 aliphatic heterocycles. The van der Waals surface area contributed by atoms with E-state index in [4.69, 9.17) is 0 Å². The van der Waals surface area contributed by atoms with Crippen molar-refractivity contribution >= 4 is 0 Å². The Hall–Kier alpha value is -1.96. The largest absolute Gasteiger partial charge is 0.508 e. The van der Waals surface area contributed by atoms with E-state index < -0.39 is 0 Å². The maximum absolute atomic E-state index is 9.85. The third-order valence-corrected chi connectivity index (χ3v) is 7.05. The zero-order valence-corrected chi connectivity index (χ0v) is 15.0. The fourth-order valence-electron chi connectivity index (χ4n) is 6.27. The van der Waals surface area contributed by atoms with E-state index in [0.717, 1.165) is 17.4 Å². The highest BCUT2D eigenvalue weighted by atomic mass is 16.3. The summed E-state index contributed by atoms with van der Waals surface area (Å²) in [5, 5.41) is 19.6. The minimum atomic E-state index is -0.0500. The van der Waals surface area contributed by atoms with E-state index in [1.54, 1.807) is 12.2 Å². The fraction of sp³-hybridized carbons (Fsp3) is 0.478. The van der Waals surface area contributed by atoms with E-state index in [-0.39, 0.29) is 11.2 Å². The molecule has 0 heterocycles. The van der Waals surface area contributed by atoms with Crippen LogP contribution in [0.15, 0.2) is 60.4 Å². The summed E-state index contributed by atoms with van der Waals surface area (Å²) in [4.78, 5) is 0. The molecule has 0 saturated heterocycles. The maximum Gasteiger partial charge on any atom is 0.115 e. The number of phenolic OH excluding ortho intramolecular Hbond substituents is 1. The van der Waals surface area contributed by atoms with E-state index in [1.165, 1.54) is 37.7 Å². The molecule has 0 radical (unpaired) electrons. The zero-order chi connectivity index (χ0) is 17.6. The van der Waals surface area contributed by atoms with Crippen LogP contribution in [0.2, 0.25) is 0 Å². The highest BCUT2D eigenvalue weighted by Gasteiger charge is 2.58. The van der Waals surface area contributed by atoms with Crippen molar-refractivity contribution in [2.75, 3.05) is 0 Å². The Morgan fingerprint density at radius 2 is 1.56 bits per heavy atom. The smallest absolute Gasteiger partial charge is 0.115 e. The van der Waals surface area contributed by atoms with Gasteiger partial charge in [0.15, 0.2) is 0 Å². The van der Waals surface area contributed by atoms with Crippen molar-refractivity contribution in [2.24, 2.45) is 23.7 Å². The third-order valence-electron chi connectivity index (χ3n) is 7.05. The van der Waals surface area contributed by atoms with Crippen LogP contribution in [0.3, 0.4) is 0 Å². The molecule has 2 N–H and O–H groups in total. The van der Waals surface area contributed by atoms with Crippen molar-refractivity contribution in [1.82, 2.24) is 0 Å². The van der Waals surface area contributed by atoms with E-state index in [1.807, 2.05) is 25.1 Å². The molecular formula is C23H28O2. The molecule has 25 heavy (non-hydrogen) atoms. The molecule has 4 fully saturated rings. The Bertz CT molecular complexity index is 695. The van der Waals surface area contributed by atoms with E-state index in [0.29, 0.717) is 17.6 Å². The van der Waals surface area contributed by atoms with Crippen molar-refractivity contribution in [3.63, 3.8) is 0 Å². The van der Waals surface area contributed by atoms with Gasteiger partial charge in [-0.1, -0.05) is 24.8 Å². The van der Waals surface area contributed by atoms with E-state index in [9.17, 15) is 10.2 Å². The van der Waals surface area contributed by atoms with Gasteiger partial charge in [0.25, 0.3) is 0 Å². The second kappa shape index (κ2) is 6.09. The van der Waals surface area contributed by atoms with Crippen LogP contribution in [0.5, 0.6) is 5.75 Å². The summed E-state index contributed by atoms with van der Waals surface area (Å²) in [6.07, 6.45) is 12.1. The fourth-order valence-corrected chi connectivity index (χ4v) is 6.27. The number of aliphatic hydroxyl groups excluding tert-OH is 1. The summed E-state index contributed by atoms with van der Waals surface area (Å²) in [5.41, 5.74) is 2.35. The Kier molecular flexibility index (Phi) is 4.02. The second-order valence-electron chi connectivity index (χ2n) is 8.29. The molecule has 0 unspecified atom stereocenters. The Morgan fingerprint density at radius 1 is 1.00 bits per heavy atom. The molecule has 0 atom stereocenters. The molecule has 5 rings (SSSR count). The van der Waals surface area contributed by atoms with Gasteiger partial charge in [-0.3, -0.25) is 0 Å². The van der Waals surface area contributed by atoms with Crippen LogP contribution in [0.1, 0.15) is 44.6 Å². The van der Waals surface area contributed by atoms with Gasteiger partial charge in [-0.25, -0.2) is 0 Å². The predicted molar refractivity (Wildman–Crippen MR) is 101 cm³/mol. The van der Waals surface area contributed by atoms with Gasteiger partial charge in [0.1, 0.15) is 11.5 Å². The Labute approximate surface area is 150 Å². The summed E-state index contributed by atoms with van der Waals surface area (Å²) in [5.74, 6) is 3.61. The average Bonchev–Trinajstić information content (AvgIpc) is 2.60. The van der Waals surface area contributed by atoms with Crippen LogP contribution in [0, 0.1) is 23.7 Å². The zero-order valence-electron chi connectivity index (χ0n) is 15.0. The minimum absolute atomic E-state index is 0.0500. The number of aliphatic hydroxyl groups is 1. The van der Waals surface area contributed by atoms with Crippen LogP contribution < -0.4 is 0 Å². The Balaban J connectivity index is 1.80. The minimum Gasteiger partial charge on any atom is -0.508 e. The van der Waals surface area contributed by atoms with Gasteiger partial charge >= 0.3 is 0 Å². The van der Waals surface area contributed by atoms with Crippen LogP contribution in [0.25, 0.3) is 0 Å². The lowest BCUT2D eigenvalue weighted by Gasteiger charge is -2.62. The molecule has 4 bridgehead atoms. The highest BCUT2D eigenvalue weighted by molar-refractivity contribution is 5.47. The van der Waals surface area contributed by atoms with Crippen molar-refractivity contribution in [3.8, 4) is 5.75 Å². The first-order valence-corrected chi connectivity index (χ1v) is 9.56. The van der Waals surface area contributed by atoms with Gasteiger partial charge in [-0.05, 0) is 98.1 Å². The third kappa shape index (κ3) is 2.54. The molecule has 132 valence electrons. The molecular weight excluding hydrogens is 308 g/mol. The molecule has 0 aromatic heterocycles. The first-order chi connectivity index (χ1) is 12.0. The van der Waals surface area contributed by atoms with Gasteiger partial charge < -0.3 is 10.2 Å². The summed E-state index contributed by atoms with van der Waals surface area (Å²) in [6, 6.07) is 7.80. The van der Waals surface area contributed by atoms with Gasteiger partial charge in [0.05, 0.1) is 0 Å². The molecule has 0 spiro atoms. The second-order valence-corrected chi connectivity index (χ2v) is 8.29. The molecule has 2 nitrogen and oxygen atoms in total. The molecule has 4 aliphatic carbocycles. The van der Waals surface area contributed by atoms with Crippen LogP contribution in [0.4, 0.5) is 0 Å². The number of hydrogen-bond acceptors (Lipinski definition) is 2. The summed E-state index contributed by atoms with van der Waals surface area (Å²) in [7, 11) is 0. The standard InChI is InChI=1S/C23H28O2/c1-3-21(24)7-4-15(2)23(18-5-8-22(25)9-6-18)19-11-16-10-17(13-19)14-20(23)12-16/h3-9,16-17,19-20,24-25H,2,10-14H2,1H3/b7-4-,21-3+. The van der Waals surface area contributed by atoms with Gasteiger partial charge in [0, 0.05) is 5.41 Å². The molecule has 4 aliphatic rings.